The number of rotatable bonds is 3. The molecule has 1 saturated carbocycles. The zero-order chi connectivity index (χ0) is 14.2. The number of benzene rings is 1. The van der Waals surface area contributed by atoms with E-state index in [1.54, 1.807) is 0 Å². The van der Waals surface area contributed by atoms with Gasteiger partial charge in [0, 0.05) is 12.1 Å². The molecule has 2 aliphatic rings. The minimum Gasteiger partial charge on any atom is -0.445 e. The topological polar surface area (TPSA) is 50.4 Å². The van der Waals surface area contributed by atoms with Gasteiger partial charge in [-0.25, -0.2) is 4.79 Å². The van der Waals surface area contributed by atoms with E-state index >= 15 is 0 Å². The van der Waals surface area contributed by atoms with E-state index in [2.05, 4.69) is 24.5 Å². The summed E-state index contributed by atoms with van der Waals surface area (Å²) in [6.45, 7) is 5.85. The van der Waals surface area contributed by atoms with Gasteiger partial charge in [-0.2, -0.15) is 0 Å². The zero-order valence-corrected chi connectivity index (χ0v) is 12.1. The maximum absolute atomic E-state index is 11.9. The van der Waals surface area contributed by atoms with Crippen LogP contribution in [-0.4, -0.2) is 24.2 Å². The molecule has 20 heavy (non-hydrogen) atoms. The molecule has 1 aromatic carbocycles. The van der Waals surface area contributed by atoms with Crippen LogP contribution in [0.15, 0.2) is 30.3 Å². The van der Waals surface area contributed by atoms with E-state index in [9.17, 15) is 4.79 Å². The normalized spacial score (nSPS) is 35.0. The molecule has 0 radical (unpaired) electrons. The van der Waals surface area contributed by atoms with E-state index in [4.69, 9.17) is 4.74 Å². The first kappa shape index (κ1) is 13.4. The van der Waals surface area contributed by atoms with Gasteiger partial charge in [0.1, 0.15) is 6.61 Å². The first-order valence-electron chi connectivity index (χ1n) is 7.26. The maximum atomic E-state index is 11.9. The number of hydrogen-bond acceptors (Lipinski definition) is 3. The molecule has 108 valence electrons. The molecule has 1 unspecified atom stereocenters. The number of carbonyl (C=O) groups is 1. The predicted molar refractivity (Wildman–Crippen MR) is 77.3 cm³/mol. The van der Waals surface area contributed by atoms with Gasteiger partial charge in [-0.3, -0.25) is 0 Å². The summed E-state index contributed by atoms with van der Waals surface area (Å²) in [7, 11) is 0. The van der Waals surface area contributed by atoms with Crippen LogP contribution in [-0.2, 0) is 11.3 Å². The highest BCUT2D eigenvalue weighted by Gasteiger charge is 2.61. The van der Waals surface area contributed by atoms with E-state index in [1.165, 1.54) is 0 Å². The van der Waals surface area contributed by atoms with E-state index < -0.39 is 0 Å². The third kappa shape index (κ3) is 2.08. The van der Waals surface area contributed by atoms with Crippen LogP contribution < -0.4 is 10.6 Å². The van der Waals surface area contributed by atoms with E-state index in [-0.39, 0.29) is 17.7 Å². The van der Waals surface area contributed by atoms with E-state index in [1.807, 2.05) is 30.3 Å². The SMILES string of the molecule is CC12NC[C@@]1(C)CC[C@H]2NC(=O)OCc1ccccc1. The van der Waals surface area contributed by atoms with Crippen molar-refractivity contribution in [3.63, 3.8) is 0 Å². The molecule has 0 bridgehead atoms. The lowest BCUT2D eigenvalue weighted by Gasteiger charge is -2.55. The maximum Gasteiger partial charge on any atom is 0.407 e. The Morgan fingerprint density at radius 3 is 2.75 bits per heavy atom. The predicted octanol–water partition coefficient (Wildman–Crippen LogP) is 2.44. The first-order valence-corrected chi connectivity index (χ1v) is 7.26. The van der Waals surface area contributed by atoms with Crippen LogP contribution in [0, 0.1) is 5.41 Å². The number of ether oxygens (including phenoxy) is 1. The molecule has 1 aliphatic carbocycles. The van der Waals surface area contributed by atoms with Crippen LogP contribution in [0.4, 0.5) is 4.79 Å². The first-order chi connectivity index (χ1) is 9.53. The van der Waals surface area contributed by atoms with Gasteiger partial charge >= 0.3 is 6.09 Å². The molecule has 0 spiro atoms. The smallest absolute Gasteiger partial charge is 0.407 e. The van der Waals surface area contributed by atoms with Crippen molar-refractivity contribution in [2.75, 3.05) is 6.54 Å². The van der Waals surface area contributed by atoms with Gasteiger partial charge in [-0.05, 0) is 30.7 Å². The summed E-state index contributed by atoms with van der Waals surface area (Å²) in [5.74, 6) is 0. The molecule has 4 nitrogen and oxygen atoms in total. The molecule has 2 N–H and O–H groups in total. The lowest BCUT2D eigenvalue weighted by atomic mass is 9.66. The van der Waals surface area contributed by atoms with Crippen molar-refractivity contribution < 1.29 is 9.53 Å². The summed E-state index contributed by atoms with van der Waals surface area (Å²) in [6, 6.07) is 9.90. The largest absolute Gasteiger partial charge is 0.445 e. The quantitative estimate of drug-likeness (QED) is 0.890. The summed E-state index contributed by atoms with van der Waals surface area (Å²) in [5.41, 5.74) is 1.33. The molecular formula is C16H22N2O2. The zero-order valence-electron chi connectivity index (χ0n) is 12.1. The van der Waals surface area contributed by atoms with Crippen molar-refractivity contribution in [2.24, 2.45) is 5.41 Å². The summed E-state index contributed by atoms with van der Waals surface area (Å²) in [5, 5.41) is 6.51. The molecule has 1 heterocycles. The Bertz CT molecular complexity index is 504. The monoisotopic (exact) mass is 274 g/mol. The number of nitrogens with one attached hydrogen (secondary N) is 2. The lowest BCUT2D eigenvalue weighted by molar-refractivity contribution is 0.0280. The Morgan fingerprint density at radius 2 is 2.15 bits per heavy atom. The van der Waals surface area contributed by atoms with Gasteiger partial charge in [0.05, 0.1) is 6.04 Å². The molecule has 2 fully saturated rings. The molecule has 1 aromatic rings. The van der Waals surface area contributed by atoms with Gasteiger partial charge in [-0.15, -0.1) is 0 Å². The average molecular weight is 274 g/mol. The molecule has 1 saturated heterocycles. The minimum atomic E-state index is -0.321. The average Bonchev–Trinajstić information content (AvgIpc) is 2.62. The highest BCUT2D eigenvalue weighted by atomic mass is 16.5. The van der Waals surface area contributed by atoms with Crippen molar-refractivity contribution in [3.05, 3.63) is 35.9 Å². The highest BCUT2D eigenvalue weighted by molar-refractivity contribution is 5.68. The molecule has 0 aromatic heterocycles. The van der Waals surface area contributed by atoms with Crippen LogP contribution in [0.3, 0.4) is 0 Å². The second-order valence-electron chi connectivity index (χ2n) is 6.41. The number of alkyl carbamates (subject to hydrolysis) is 1. The molecule has 3 atom stereocenters. The van der Waals surface area contributed by atoms with Crippen LogP contribution in [0.2, 0.25) is 0 Å². The standard InChI is InChI=1S/C16H22N2O2/c1-15-9-8-13(16(15,2)17-11-15)18-14(19)20-10-12-6-4-3-5-7-12/h3-7,13,17H,8-11H2,1-2H3,(H,18,19)/t13-,15-,16?/m1/s1. The molecule has 4 heteroatoms. The van der Waals surface area contributed by atoms with E-state index in [0.717, 1.165) is 24.9 Å². The second-order valence-corrected chi connectivity index (χ2v) is 6.41. The Morgan fingerprint density at radius 1 is 1.40 bits per heavy atom. The van der Waals surface area contributed by atoms with Gasteiger partial charge in [-0.1, -0.05) is 37.3 Å². The third-order valence-electron chi connectivity index (χ3n) is 5.29. The number of fused-ring (bicyclic) bond motifs is 1. The summed E-state index contributed by atoms with van der Waals surface area (Å²) < 4.78 is 5.30. The van der Waals surface area contributed by atoms with Crippen LogP contribution >= 0.6 is 0 Å². The Kier molecular flexibility index (Phi) is 3.21. The number of amides is 1. The molecule has 1 aliphatic heterocycles. The van der Waals surface area contributed by atoms with Crippen molar-refractivity contribution in [3.8, 4) is 0 Å². The van der Waals surface area contributed by atoms with Crippen LogP contribution in [0.25, 0.3) is 0 Å². The fraction of sp³-hybridized carbons (Fsp3) is 0.562. The molecule has 1 amide bonds. The Balaban J connectivity index is 1.53. The molecular weight excluding hydrogens is 252 g/mol. The fourth-order valence-electron chi connectivity index (χ4n) is 3.44. The minimum absolute atomic E-state index is 0.0127. The van der Waals surface area contributed by atoms with Crippen molar-refractivity contribution in [1.82, 2.24) is 10.6 Å². The third-order valence-corrected chi connectivity index (χ3v) is 5.29. The van der Waals surface area contributed by atoms with Gasteiger partial charge in [0.25, 0.3) is 0 Å². The Labute approximate surface area is 119 Å². The van der Waals surface area contributed by atoms with Gasteiger partial charge in [0.15, 0.2) is 0 Å². The van der Waals surface area contributed by atoms with Crippen molar-refractivity contribution in [2.45, 2.75) is 44.9 Å². The van der Waals surface area contributed by atoms with Crippen molar-refractivity contribution in [1.29, 1.82) is 0 Å². The lowest BCUT2D eigenvalue weighted by Crippen LogP contribution is -2.73. The summed E-state index contributed by atoms with van der Waals surface area (Å²) in [4.78, 5) is 11.9. The highest BCUT2D eigenvalue weighted by Crippen LogP contribution is 2.51. The van der Waals surface area contributed by atoms with Gasteiger partial charge < -0.3 is 15.4 Å². The summed E-state index contributed by atoms with van der Waals surface area (Å²) in [6.07, 6.45) is 1.85. The molecule has 3 rings (SSSR count). The van der Waals surface area contributed by atoms with Crippen LogP contribution in [0.5, 0.6) is 0 Å². The number of hydrogen-bond donors (Lipinski definition) is 2. The van der Waals surface area contributed by atoms with Gasteiger partial charge in [0.2, 0.25) is 0 Å². The van der Waals surface area contributed by atoms with Crippen molar-refractivity contribution >= 4 is 6.09 Å². The van der Waals surface area contributed by atoms with Crippen LogP contribution in [0.1, 0.15) is 32.3 Å². The fourth-order valence-corrected chi connectivity index (χ4v) is 3.44. The van der Waals surface area contributed by atoms with E-state index in [0.29, 0.717) is 12.0 Å². The summed E-state index contributed by atoms with van der Waals surface area (Å²) >= 11 is 0. The second kappa shape index (κ2) is 4.77. The Hall–Kier alpha value is -1.55. The number of carbonyl (C=O) groups excluding carboxylic acids is 1.